The fourth-order valence-electron chi connectivity index (χ4n) is 3.12. The van der Waals surface area contributed by atoms with Gasteiger partial charge in [0.05, 0.1) is 6.54 Å². The number of pyridine rings is 1. The molecule has 1 amide bonds. The first-order valence-corrected chi connectivity index (χ1v) is 10.0. The molecule has 0 radical (unpaired) electrons. The molecule has 0 bridgehead atoms. The van der Waals surface area contributed by atoms with Crippen molar-refractivity contribution in [2.24, 2.45) is 0 Å². The Kier molecular flexibility index (Phi) is 5.43. The zero-order valence-electron chi connectivity index (χ0n) is 14.9. The first-order chi connectivity index (χ1) is 13.3. The molecule has 1 saturated heterocycles. The quantitative estimate of drug-likeness (QED) is 0.726. The van der Waals surface area contributed by atoms with E-state index in [9.17, 15) is 4.79 Å². The Labute approximate surface area is 161 Å². The second kappa shape index (κ2) is 8.30. The Morgan fingerprint density at radius 2 is 2.07 bits per heavy atom. The second-order valence-electron chi connectivity index (χ2n) is 6.49. The summed E-state index contributed by atoms with van der Waals surface area (Å²) in [4.78, 5) is 24.3. The van der Waals surface area contributed by atoms with Crippen LogP contribution < -0.4 is 10.2 Å². The molecule has 4 rings (SSSR count). The summed E-state index contributed by atoms with van der Waals surface area (Å²) in [7, 11) is 0. The lowest BCUT2D eigenvalue weighted by Crippen LogP contribution is -2.24. The van der Waals surface area contributed by atoms with Gasteiger partial charge in [-0.25, -0.2) is 4.98 Å². The molecule has 0 spiro atoms. The summed E-state index contributed by atoms with van der Waals surface area (Å²) in [6.07, 6.45) is 6.66. The highest BCUT2D eigenvalue weighted by molar-refractivity contribution is 7.09. The van der Waals surface area contributed by atoms with Gasteiger partial charge >= 0.3 is 11.8 Å². The van der Waals surface area contributed by atoms with E-state index in [2.05, 4.69) is 25.3 Å². The third kappa shape index (κ3) is 4.33. The van der Waals surface area contributed by atoms with Gasteiger partial charge in [-0.1, -0.05) is 24.1 Å². The monoisotopic (exact) mass is 383 g/mol. The lowest BCUT2D eigenvalue weighted by molar-refractivity contribution is 0.0907. The van der Waals surface area contributed by atoms with Gasteiger partial charge in [-0.05, 0) is 36.4 Å². The van der Waals surface area contributed by atoms with E-state index in [1.54, 1.807) is 17.5 Å². The lowest BCUT2D eigenvalue weighted by atomic mass is 10.2. The van der Waals surface area contributed by atoms with Crippen LogP contribution in [0, 0.1) is 0 Å². The minimum Gasteiger partial charge on any atom is -0.357 e. The third-order valence-electron chi connectivity index (χ3n) is 4.56. The predicted octanol–water partition coefficient (Wildman–Crippen LogP) is 3.50. The summed E-state index contributed by atoms with van der Waals surface area (Å²) < 4.78 is 5.15. The Balaban J connectivity index is 1.46. The predicted molar refractivity (Wildman–Crippen MR) is 104 cm³/mol. The minimum atomic E-state index is -0.371. The Morgan fingerprint density at radius 3 is 2.85 bits per heavy atom. The van der Waals surface area contributed by atoms with Crippen LogP contribution in [0.2, 0.25) is 0 Å². The molecule has 1 N–H and O–H groups in total. The number of aromatic nitrogens is 3. The number of anilines is 1. The van der Waals surface area contributed by atoms with E-state index in [4.69, 9.17) is 4.52 Å². The molecule has 3 aromatic heterocycles. The van der Waals surface area contributed by atoms with Crippen LogP contribution in [0.4, 0.5) is 5.82 Å². The van der Waals surface area contributed by atoms with E-state index < -0.39 is 0 Å². The highest BCUT2D eigenvalue weighted by atomic mass is 32.1. The smallest absolute Gasteiger partial charge is 0.316 e. The van der Waals surface area contributed by atoms with Gasteiger partial charge in [0.15, 0.2) is 0 Å². The minimum absolute atomic E-state index is 0.0327. The molecule has 1 fully saturated rings. The zero-order valence-corrected chi connectivity index (χ0v) is 15.7. The molecule has 8 heteroatoms. The van der Waals surface area contributed by atoms with Crippen molar-refractivity contribution in [1.29, 1.82) is 0 Å². The summed E-state index contributed by atoms with van der Waals surface area (Å²) in [6, 6.07) is 7.71. The summed E-state index contributed by atoms with van der Waals surface area (Å²) in [6.45, 7) is 2.47. The number of thiophene rings is 1. The molecule has 0 atom stereocenters. The average molecular weight is 383 g/mol. The molecular formula is C19H21N5O2S. The number of nitrogens with zero attached hydrogens (tertiary/aromatic N) is 4. The Bertz CT molecular complexity index is 885. The van der Waals surface area contributed by atoms with Gasteiger partial charge in [0, 0.05) is 29.7 Å². The van der Waals surface area contributed by atoms with Gasteiger partial charge in [0.1, 0.15) is 5.82 Å². The maximum atomic E-state index is 12.2. The van der Waals surface area contributed by atoms with Crippen molar-refractivity contribution in [3.05, 3.63) is 46.6 Å². The molecule has 0 unspecified atom stereocenters. The van der Waals surface area contributed by atoms with E-state index in [1.807, 2.05) is 29.6 Å². The molecule has 1 aliphatic rings. The SMILES string of the molecule is O=C(NCc1cccs1)c1nc(-c2ccnc(N3CCCCCC3)c2)no1. The molecule has 3 aromatic rings. The van der Waals surface area contributed by atoms with Crippen LogP contribution in [-0.2, 0) is 6.54 Å². The third-order valence-corrected chi connectivity index (χ3v) is 5.43. The maximum absolute atomic E-state index is 12.2. The first-order valence-electron chi connectivity index (χ1n) is 9.15. The second-order valence-corrected chi connectivity index (χ2v) is 7.52. The number of nitrogens with one attached hydrogen (secondary N) is 1. The van der Waals surface area contributed by atoms with Gasteiger partial charge < -0.3 is 14.7 Å². The van der Waals surface area contributed by atoms with Crippen molar-refractivity contribution in [3.8, 4) is 11.4 Å². The highest BCUT2D eigenvalue weighted by Gasteiger charge is 2.18. The number of carbonyl (C=O) groups is 1. The molecule has 0 aliphatic carbocycles. The van der Waals surface area contributed by atoms with Crippen molar-refractivity contribution in [2.45, 2.75) is 32.2 Å². The maximum Gasteiger partial charge on any atom is 0.316 e. The van der Waals surface area contributed by atoms with Crippen LogP contribution >= 0.6 is 11.3 Å². The van der Waals surface area contributed by atoms with Crippen molar-refractivity contribution in [3.63, 3.8) is 0 Å². The molecule has 1 aliphatic heterocycles. The van der Waals surface area contributed by atoms with Crippen LogP contribution in [0.15, 0.2) is 40.4 Å². The number of amides is 1. The lowest BCUT2D eigenvalue weighted by Gasteiger charge is -2.21. The van der Waals surface area contributed by atoms with E-state index in [1.165, 1.54) is 25.7 Å². The number of rotatable bonds is 5. The highest BCUT2D eigenvalue weighted by Crippen LogP contribution is 2.23. The fraction of sp³-hybridized carbons (Fsp3) is 0.368. The van der Waals surface area contributed by atoms with E-state index in [-0.39, 0.29) is 11.8 Å². The Morgan fingerprint density at radius 1 is 1.22 bits per heavy atom. The normalized spacial score (nSPS) is 14.7. The number of carbonyl (C=O) groups excluding carboxylic acids is 1. The van der Waals surface area contributed by atoms with Crippen LogP contribution in [-0.4, -0.2) is 34.1 Å². The van der Waals surface area contributed by atoms with Crippen molar-refractivity contribution in [1.82, 2.24) is 20.4 Å². The summed E-state index contributed by atoms with van der Waals surface area (Å²) >= 11 is 1.59. The molecule has 27 heavy (non-hydrogen) atoms. The zero-order chi connectivity index (χ0) is 18.5. The van der Waals surface area contributed by atoms with Gasteiger partial charge in [0.25, 0.3) is 0 Å². The molecule has 0 saturated carbocycles. The standard InChI is InChI=1S/C19H21N5O2S/c25-18(21-13-15-6-5-11-27-15)19-22-17(23-26-19)14-7-8-20-16(12-14)24-9-3-1-2-4-10-24/h5-8,11-12H,1-4,9-10,13H2,(H,21,25). The van der Waals surface area contributed by atoms with Gasteiger partial charge in [-0.3, -0.25) is 4.79 Å². The van der Waals surface area contributed by atoms with Crippen LogP contribution in [0.3, 0.4) is 0 Å². The van der Waals surface area contributed by atoms with E-state index >= 15 is 0 Å². The van der Waals surface area contributed by atoms with Gasteiger partial charge in [0.2, 0.25) is 5.82 Å². The van der Waals surface area contributed by atoms with E-state index in [0.29, 0.717) is 12.4 Å². The number of hydrogen-bond donors (Lipinski definition) is 1. The summed E-state index contributed by atoms with van der Waals surface area (Å²) in [5.74, 6) is 0.913. The molecule has 4 heterocycles. The fourth-order valence-corrected chi connectivity index (χ4v) is 3.76. The molecule has 7 nitrogen and oxygen atoms in total. The summed E-state index contributed by atoms with van der Waals surface area (Å²) in [5.41, 5.74) is 0.797. The van der Waals surface area contributed by atoms with Crippen molar-refractivity contribution >= 4 is 23.1 Å². The van der Waals surface area contributed by atoms with Gasteiger partial charge in [-0.2, -0.15) is 4.98 Å². The van der Waals surface area contributed by atoms with Crippen molar-refractivity contribution < 1.29 is 9.32 Å². The molecule has 140 valence electrons. The van der Waals surface area contributed by atoms with E-state index in [0.717, 1.165) is 29.3 Å². The molecule has 0 aromatic carbocycles. The average Bonchev–Trinajstić information content (AvgIpc) is 3.33. The van der Waals surface area contributed by atoms with Crippen LogP contribution in [0.25, 0.3) is 11.4 Å². The van der Waals surface area contributed by atoms with Crippen molar-refractivity contribution in [2.75, 3.05) is 18.0 Å². The number of hydrogen-bond acceptors (Lipinski definition) is 7. The van der Waals surface area contributed by atoms with Crippen LogP contribution in [0.5, 0.6) is 0 Å². The first kappa shape index (κ1) is 17.7. The molecular weight excluding hydrogens is 362 g/mol. The topological polar surface area (TPSA) is 84.2 Å². The largest absolute Gasteiger partial charge is 0.357 e. The van der Waals surface area contributed by atoms with Crippen LogP contribution in [0.1, 0.15) is 41.2 Å². The summed E-state index contributed by atoms with van der Waals surface area (Å²) in [5, 5.41) is 8.73. The van der Waals surface area contributed by atoms with Gasteiger partial charge in [-0.15, -0.1) is 11.3 Å². The Hall–Kier alpha value is -2.74.